The van der Waals surface area contributed by atoms with Gasteiger partial charge < -0.3 is 15.1 Å². The van der Waals surface area contributed by atoms with Gasteiger partial charge in [-0.15, -0.1) is 0 Å². The lowest BCUT2D eigenvalue weighted by atomic mass is 10.0. The number of likely N-dealkylation sites (tertiary alicyclic amines) is 1. The van der Waals surface area contributed by atoms with Crippen LogP contribution in [0.1, 0.15) is 31.7 Å². The number of nitrogens with zero attached hydrogens (tertiary/aromatic N) is 2. The van der Waals surface area contributed by atoms with Gasteiger partial charge in [0, 0.05) is 30.3 Å². The fourth-order valence-electron chi connectivity index (χ4n) is 3.02. The molecule has 1 N–H and O–H groups in total. The van der Waals surface area contributed by atoms with Crippen molar-refractivity contribution in [2.75, 3.05) is 38.6 Å². The summed E-state index contributed by atoms with van der Waals surface area (Å²) in [6.45, 7) is 6.50. The Balaban J connectivity index is 2.09. The normalized spacial score (nSPS) is 17.1. The second kappa shape index (κ2) is 8.02. The summed E-state index contributed by atoms with van der Waals surface area (Å²) >= 11 is 6.19. The summed E-state index contributed by atoms with van der Waals surface area (Å²) in [7, 11) is 4.43. The molecule has 0 aliphatic carbocycles. The lowest BCUT2D eigenvalue weighted by molar-refractivity contribution is 0.252. The van der Waals surface area contributed by atoms with E-state index < -0.39 is 0 Å². The van der Waals surface area contributed by atoms with Gasteiger partial charge in [-0.05, 0) is 69.7 Å². The average molecular weight is 310 g/mol. The van der Waals surface area contributed by atoms with E-state index in [0.717, 1.165) is 24.5 Å². The van der Waals surface area contributed by atoms with Crippen molar-refractivity contribution in [3.8, 4) is 0 Å². The van der Waals surface area contributed by atoms with Gasteiger partial charge in [0.15, 0.2) is 0 Å². The first-order valence-corrected chi connectivity index (χ1v) is 8.40. The van der Waals surface area contributed by atoms with Crippen molar-refractivity contribution >= 4 is 17.3 Å². The Bertz CT molecular complexity index is 442. The van der Waals surface area contributed by atoms with E-state index in [1.165, 1.54) is 37.2 Å². The number of rotatable bonds is 6. The van der Waals surface area contributed by atoms with E-state index >= 15 is 0 Å². The molecule has 1 fully saturated rings. The van der Waals surface area contributed by atoms with Crippen LogP contribution in [0.3, 0.4) is 0 Å². The Morgan fingerprint density at radius 3 is 2.71 bits per heavy atom. The summed E-state index contributed by atoms with van der Waals surface area (Å²) in [6, 6.07) is 6.91. The van der Waals surface area contributed by atoms with Crippen LogP contribution < -0.4 is 10.2 Å². The Kier molecular flexibility index (Phi) is 6.34. The summed E-state index contributed by atoms with van der Waals surface area (Å²) in [6.07, 6.45) is 3.62. The number of nitrogens with one attached hydrogen (secondary N) is 1. The predicted molar refractivity (Wildman–Crippen MR) is 92.4 cm³/mol. The smallest absolute Gasteiger partial charge is 0.0412 e. The molecular formula is C17H28ClN3. The predicted octanol–water partition coefficient (Wildman–Crippen LogP) is 3.37. The molecule has 2 rings (SSSR count). The van der Waals surface area contributed by atoms with Crippen LogP contribution in [-0.2, 0) is 6.54 Å². The zero-order chi connectivity index (χ0) is 15.2. The first-order chi connectivity index (χ1) is 10.1. The molecule has 0 radical (unpaired) electrons. The minimum absolute atomic E-state index is 0.632. The number of hydrogen-bond acceptors (Lipinski definition) is 3. The second-order valence-corrected chi connectivity index (χ2v) is 6.53. The minimum Gasteiger partial charge on any atom is -0.371 e. The molecule has 3 nitrogen and oxygen atoms in total. The van der Waals surface area contributed by atoms with Gasteiger partial charge in [-0.1, -0.05) is 18.5 Å². The number of piperidine rings is 1. The van der Waals surface area contributed by atoms with E-state index in [9.17, 15) is 0 Å². The summed E-state index contributed by atoms with van der Waals surface area (Å²) in [5, 5.41) is 4.31. The molecule has 0 bridgehead atoms. The van der Waals surface area contributed by atoms with Crippen LogP contribution in [-0.4, -0.2) is 44.7 Å². The third kappa shape index (κ3) is 4.60. The molecule has 118 valence electrons. The van der Waals surface area contributed by atoms with Crippen LogP contribution in [0, 0.1) is 0 Å². The lowest BCUT2D eigenvalue weighted by Crippen LogP contribution is -2.42. The molecule has 0 aromatic heterocycles. The van der Waals surface area contributed by atoms with Gasteiger partial charge in [-0.25, -0.2) is 0 Å². The third-order valence-corrected chi connectivity index (χ3v) is 4.63. The fraction of sp³-hybridized carbons (Fsp3) is 0.647. The Morgan fingerprint density at radius 1 is 1.33 bits per heavy atom. The zero-order valence-electron chi connectivity index (χ0n) is 13.5. The summed E-state index contributed by atoms with van der Waals surface area (Å²) < 4.78 is 0. The van der Waals surface area contributed by atoms with Crippen LogP contribution >= 0.6 is 11.6 Å². The SMILES string of the molecule is CCCNCc1cc(Cl)ccc1N(C)C1CCN(C)CC1. The molecule has 0 spiro atoms. The topological polar surface area (TPSA) is 18.5 Å². The highest BCUT2D eigenvalue weighted by Crippen LogP contribution is 2.27. The highest BCUT2D eigenvalue weighted by Gasteiger charge is 2.22. The zero-order valence-corrected chi connectivity index (χ0v) is 14.3. The van der Waals surface area contributed by atoms with Crippen LogP contribution in [0.4, 0.5) is 5.69 Å². The van der Waals surface area contributed by atoms with Gasteiger partial charge in [0.05, 0.1) is 0 Å². The largest absolute Gasteiger partial charge is 0.371 e. The minimum atomic E-state index is 0.632. The van der Waals surface area contributed by atoms with Gasteiger partial charge >= 0.3 is 0 Å². The fourth-order valence-corrected chi connectivity index (χ4v) is 3.21. The molecule has 1 aliphatic heterocycles. The monoisotopic (exact) mass is 309 g/mol. The third-order valence-electron chi connectivity index (χ3n) is 4.40. The highest BCUT2D eigenvalue weighted by molar-refractivity contribution is 6.30. The molecule has 0 unspecified atom stereocenters. The van der Waals surface area contributed by atoms with E-state index in [0.29, 0.717) is 6.04 Å². The maximum atomic E-state index is 6.19. The Morgan fingerprint density at radius 2 is 2.05 bits per heavy atom. The first kappa shape index (κ1) is 16.6. The quantitative estimate of drug-likeness (QED) is 0.813. The summed E-state index contributed by atoms with van der Waals surface area (Å²) in [5.74, 6) is 0. The molecule has 0 atom stereocenters. The maximum absolute atomic E-state index is 6.19. The van der Waals surface area contributed by atoms with Crippen molar-refractivity contribution < 1.29 is 0 Å². The Hall–Kier alpha value is -0.770. The number of halogens is 1. The van der Waals surface area contributed by atoms with Crippen LogP contribution in [0.15, 0.2) is 18.2 Å². The van der Waals surface area contributed by atoms with Gasteiger partial charge in [-0.3, -0.25) is 0 Å². The van der Waals surface area contributed by atoms with Crippen molar-refractivity contribution in [1.82, 2.24) is 10.2 Å². The highest BCUT2D eigenvalue weighted by atomic mass is 35.5. The van der Waals surface area contributed by atoms with Gasteiger partial charge in [-0.2, -0.15) is 0 Å². The van der Waals surface area contributed by atoms with Crippen molar-refractivity contribution in [2.24, 2.45) is 0 Å². The van der Waals surface area contributed by atoms with Crippen LogP contribution in [0.5, 0.6) is 0 Å². The number of hydrogen-bond donors (Lipinski definition) is 1. The molecule has 4 heteroatoms. The summed E-state index contributed by atoms with van der Waals surface area (Å²) in [4.78, 5) is 4.86. The van der Waals surface area contributed by atoms with Crippen molar-refractivity contribution in [3.05, 3.63) is 28.8 Å². The summed E-state index contributed by atoms with van der Waals surface area (Å²) in [5.41, 5.74) is 2.62. The molecule has 1 heterocycles. The Labute approximate surface area is 134 Å². The van der Waals surface area contributed by atoms with E-state index in [4.69, 9.17) is 11.6 Å². The van der Waals surface area contributed by atoms with Crippen molar-refractivity contribution in [1.29, 1.82) is 0 Å². The van der Waals surface area contributed by atoms with Crippen LogP contribution in [0.2, 0.25) is 5.02 Å². The van der Waals surface area contributed by atoms with Gasteiger partial charge in [0.25, 0.3) is 0 Å². The lowest BCUT2D eigenvalue weighted by Gasteiger charge is -2.37. The first-order valence-electron chi connectivity index (χ1n) is 8.02. The molecule has 1 aromatic carbocycles. The number of benzene rings is 1. The molecule has 1 saturated heterocycles. The van der Waals surface area contributed by atoms with Gasteiger partial charge in [0.1, 0.15) is 0 Å². The average Bonchev–Trinajstić information content (AvgIpc) is 2.48. The van der Waals surface area contributed by atoms with Gasteiger partial charge in [0.2, 0.25) is 0 Å². The molecule has 0 saturated carbocycles. The standard InChI is InChI=1S/C17H28ClN3/c1-4-9-19-13-14-12-15(18)5-6-17(14)21(3)16-7-10-20(2)11-8-16/h5-6,12,16,19H,4,7-11,13H2,1-3H3. The van der Waals surface area contributed by atoms with Crippen LogP contribution in [0.25, 0.3) is 0 Å². The van der Waals surface area contributed by atoms with E-state index in [-0.39, 0.29) is 0 Å². The van der Waals surface area contributed by atoms with Crippen molar-refractivity contribution in [2.45, 2.75) is 38.8 Å². The number of anilines is 1. The molecule has 1 aromatic rings. The maximum Gasteiger partial charge on any atom is 0.0412 e. The molecule has 21 heavy (non-hydrogen) atoms. The van der Waals surface area contributed by atoms with E-state index in [1.54, 1.807) is 0 Å². The van der Waals surface area contributed by atoms with E-state index in [2.05, 4.69) is 48.3 Å². The van der Waals surface area contributed by atoms with Crippen molar-refractivity contribution in [3.63, 3.8) is 0 Å². The second-order valence-electron chi connectivity index (χ2n) is 6.10. The molecule has 0 amide bonds. The molecular weight excluding hydrogens is 282 g/mol. The van der Waals surface area contributed by atoms with E-state index in [1.807, 2.05) is 6.07 Å². The molecule has 1 aliphatic rings.